The van der Waals surface area contributed by atoms with Gasteiger partial charge in [0.15, 0.2) is 0 Å². The predicted octanol–water partition coefficient (Wildman–Crippen LogP) is 1.19. The standard InChI is InChI=1S/C9H10O5S/c1-2-6-3-4-7(15(12,13)14)5-8(6)9(10)11/h3-5H,2H2,1H3,(H,10,11)(H,12,13,14). The molecule has 0 amide bonds. The summed E-state index contributed by atoms with van der Waals surface area (Å²) in [5.41, 5.74) is 0.419. The van der Waals surface area contributed by atoms with E-state index in [1.807, 2.05) is 0 Å². The fraction of sp³-hybridized carbons (Fsp3) is 0.222. The van der Waals surface area contributed by atoms with Gasteiger partial charge in [0.05, 0.1) is 10.5 Å². The van der Waals surface area contributed by atoms with E-state index in [0.717, 1.165) is 6.07 Å². The number of carbonyl (C=O) groups is 1. The monoisotopic (exact) mass is 230 g/mol. The van der Waals surface area contributed by atoms with Crippen LogP contribution in [0.2, 0.25) is 0 Å². The van der Waals surface area contributed by atoms with Crippen LogP contribution in [0.1, 0.15) is 22.8 Å². The molecule has 0 saturated heterocycles. The molecule has 15 heavy (non-hydrogen) atoms. The van der Waals surface area contributed by atoms with E-state index in [0.29, 0.717) is 12.0 Å². The van der Waals surface area contributed by atoms with E-state index in [-0.39, 0.29) is 5.56 Å². The molecular weight excluding hydrogens is 220 g/mol. The Labute approximate surface area is 87.1 Å². The highest BCUT2D eigenvalue weighted by atomic mass is 32.2. The van der Waals surface area contributed by atoms with Crippen molar-refractivity contribution in [3.63, 3.8) is 0 Å². The van der Waals surface area contributed by atoms with Crippen molar-refractivity contribution >= 4 is 16.1 Å². The summed E-state index contributed by atoms with van der Waals surface area (Å²) in [5, 5.41) is 8.81. The molecular formula is C9H10O5S. The first-order chi connectivity index (χ1) is 6.86. The van der Waals surface area contributed by atoms with Gasteiger partial charge in [-0.05, 0) is 24.1 Å². The van der Waals surface area contributed by atoms with Crippen molar-refractivity contribution in [2.24, 2.45) is 0 Å². The molecule has 0 aliphatic heterocycles. The van der Waals surface area contributed by atoms with Crippen LogP contribution in [0.5, 0.6) is 0 Å². The highest BCUT2D eigenvalue weighted by molar-refractivity contribution is 7.85. The molecule has 5 nitrogen and oxygen atoms in total. The maximum Gasteiger partial charge on any atom is 0.336 e. The van der Waals surface area contributed by atoms with Gasteiger partial charge in [0.2, 0.25) is 0 Å². The summed E-state index contributed by atoms with van der Waals surface area (Å²) in [4.78, 5) is 10.4. The minimum atomic E-state index is -4.35. The Morgan fingerprint density at radius 1 is 1.40 bits per heavy atom. The first-order valence-electron chi connectivity index (χ1n) is 4.20. The van der Waals surface area contributed by atoms with Crippen LogP contribution in [-0.2, 0) is 16.5 Å². The second kappa shape index (κ2) is 4.00. The predicted molar refractivity (Wildman–Crippen MR) is 52.6 cm³/mol. The largest absolute Gasteiger partial charge is 0.478 e. The lowest BCUT2D eigenvalue weighted by Gasteiger charge is -2.04. The number of hydrogen-bond donors (Lipinski definition) is 2. The van der Waals surface area contributed by atoms with E-state index in [1.54, 1.807) is 6.92 Å². The molecule has 0 spiro atoms. The van der Waals surface area contributed by atoms with Crippen LogP contribution in [0.4, 0.5) is 0 Å². The molecule has 1 rings (SSSR count). The molecule has 1 aromatic carbocycles. The lowest BCUT2D eigenvalue weighted by atomic mass is 10.1. The van der Waals surface area contributed by atoms with Crippen LogP contribution in [0.25, 0.3) is 0 Å². The highest BCUT2D eigenvalue weighted by Gasteiger charge is 2.15. The Balaban J connectivity index is 3.42. The molecule has 0 atom stereocenters. The average Bonchev–Trinajstić information content (AvgIpc) is 2.15. The maximum atomic E-state index is 10.8. The summed E-state index contributed by atoms with van der Waals surface area (Å²) < 4.78 is 30.3. The Morgan fingerprint density at radius 2 is 2.00 bits per heavy atom. The second-order valence-electron chi connectivity index (χ2n) is 2.95. The average molecular weight is 230 g/mol. The maximum absolute atomic E-state index is 10.8. The summed E-state index contributed by atoms with van der Waals surface area (Å²) in [6.07, 6.45) is 0.480. The lowest BCUT2D eigenvalue weighted by molar-refractivity contribution is 0.0695. The molecule has 0 radical (unpaired) electrons. The molecule has 82 valence electrons. The molecule has 0 aliphatic rings. The van der Waals surface area contributed by atoms with Gasteiger partial charge in [-0.1, -0.05) is 13.0 Å². The van der Waals surface area contributed by atoms with Gasteiger partial charge in [-0.2, -0.15) is 8.42 Å². The van der Waals surface area contributed by atoms with E-state index < -0.39 is 21.0 Å². The zero-order valence-electron chi connectivity index (χ0n) is 7.97. The van der Waals surface area contributed by atoms with Crippen LogP contribution in [0.15, 0.2) is 23.1 Å². The Kier molecular flexibility index (Phi) is 3.11. The molecule has 2 N–H and O–H groups in total. The third-order valence-corrected chi connectivity index (χ3v) is 2.84. The molecule has 0 fully saturated rings. The first kappa shape index (κ1) is 11.7. The van der Waals surface area contributed by atoms with Gasteiger partial charge in [0, 0.05) is 0 Å². The Hall–Kier alpha value is -1.40. The SMILES string of the molecule is CCc1ccc(S(=O)(=O)O)cc1C(=O)O. The van der Waals surface area contributed by atoms with Crippen molar-refractivity contribution in [2.75, 3.05) is 0 Å². The first-order valence-corrected chi connectivity index (χ1v) is 5.64. The van der Waals surface area contributed by atoms with E-state index in [9.17, 15) is 13.2 Å². The van der Waals surface area contributed by atoms with E-state index in [1.165, 1.54) is 12.1 Å². The number of rotatable bonds is 3. The normalized spacial score (nSPS) is 11.3. The summed E-state index contributed by atoms with van der Waals surface area (Å²) in [6.45, 7) is 1.76. The van der Waals surface area contributed by atoms with Crippen LogP contribution in [0.3, 0.4) is 0 Å². The van der Waals surface area contributed by atoms with Crippen LogP contribution >= 0.6 is 0 Å². The van der Waals surface area contributed by atoms with Crippen molar-refractivity contribution in [3.8, 4) is 0 Å². The smallest absolute Gasteiger partial charge is 0.336 e. The topological polar surface area (TPSA) is 91.7 Å². The summed E-state index contributed by atoms with van der Waals surface area (Å²) in [7, 11) is -4.35. The van der Waals surface area contributed by atoms with Crippen molar-refractivity contribution in [3.05, 3.63) is 29.3 Å². The van der Waals surface area contributed by atoms with Crippen molar-refractivity contribution < 1.29 is 22.9 Å². The third kappa shape index (κ3) is 2.54. The molecule has 0 aliphatic carbocycles. The quantitative estimate of drug-likeness (QED) is 0.761. The molecule has 1 aromatic rings. The fourth-order valence-electron chi connectivity index (χ4n) is 1.22. The van der Waals surface area contributed by atoms with E-state index in [2.05, 4.69) is 0 Å². The second-order valence-corrected chi connectivity index (χ2v) is 4.37. The lowest BCUT2D eigenvalue weighted by Crippen LogP contribution is -2.05. The number of hydrogen-bond acceptors (Lipinski definition) is 3. The molecule has 0 bridgehead atoms. The summed E-state index contributed by atoms with van der Waals surface area (Å²) >= 11 is 0. The number of aromatic carboxylic acids is 1. The van der Waals surface area contributed by atoms with Crippen LogP contribution in [-0.4, -0.2) is 24.0 Å². The van der Waals surface area contributed by atoms with Gasteiger partial charge >= 0.3 is 5.97 Å². The van der Waals surface area contributed by atoms with Crippen molar-refractivity contribution in [1.29, 1.82) is 0 Å². The minimum Gasteiger partial charge on any atom is -0.478 e. The Bertz CT molecular complexity index is 489. The van der Waals surface area contributed by atoms with Crippen molar-refractivity contribution in [1.82, 2.24) is 0 Å². The van der Waals surface area contributed by atoms with Gasteiger partial charge < -0.3 is 5.11 Å². The van der Waals surface area contributed by atoms with Crippen LogP contribution in [0, 0.1) is 0 Å². The zero-order valence-corrected chi connectivity index (χ0v) is 8.78. The molecule has 6 heteroatoms. The molecule has 0 aromatic heterocycles. The summed E-state index contributed by atoms with van der Waals surface area (Å²) in [5.74, 6) is -1.21. The third-order valence-electron chi connectivity index (χ3n) is 1.99. The molecule has 0 unspecified atom stereocenters. The minimum absolute atomic E-state index is 0.104. The molecule has 0 heterocycles. The number of carboxylic acid groups (broad SMARTS) is 1. The number of benzene rings is 1. The highest BCUT2D eigenvalue weighted by Crippen LogP contribution is 2.16. The fourth-order valence-corrected chi connectivity index (χ4v) is 1.73. The summed E-state index contributed by atoms with van der Waals surface area (Å²) in [6, 6.07) is 3.52. The molecule has 0 saturated carbocycles. The van der Waals surface area contributed by atoms with E-state index in [4.69, 9.17) is 9.66 Å². The van der Waals surface area contributed by atoms with Gasteiger partial charge in [0.25, 0.3) is 10.1 Å². The van der Waals surface area contributed by atoms with Crippen LogP contribution < -0.4 is 0 Å². The van der Waals surface area contributed by atoms with Gasteiger partial charge in [-0.25, -0.2) is 4.79 Å². The van der Waals surface area contributed by atoms with E-state index >= 15 is 0 Å². The van der Waals surface area contributed by atoms with Gasteiger partial charge in [-0.15, -0.1) is 0 Å². The van der Waals surface area contributed by atoms with Gasteiger partial charge in [-0.3, -0.25) is 4.55 Å². The van der Waals surface area contributed by atoms with Gasteiger partial charge in [0.1, 0.15) is 0 Å². The Morgan fingerprint density at radius 3 is 2.40 bits per heavy atom. The van der Waals surface area contributed by atoms with Crippen molar-refractivity contribution in [2.45, 2.75) is 18.2 Å². The number of carboxylic acids is 1. The number of aryl methyl sites for hydroxylation is 1. The zero-order chi connectivity index (χ0) is 11.6.